The SMILES string of the molecule is CCCCCCCCCCCCCCCC(=O)OCC(COP(=O)([O-])OCC[NH3+])OC(=O)CCCCCCCCCCCCCCC. The standard InChI is InChI=1S/C37H74NO8P/c1-3-5-7-9-11-13-15-17-19-21-23-25-27-29-36(39)43-33-35(34-45-47(41,42)44-32-31-38)46-37(40)30-28-26-24-22-20-18-16-14-12-10-8-6-4-2/h35H,3-34,38H2,1-2H3,(H,41,42). The molecule has 10 heteroatoms. The van der Waals surface area contributed by atoms with E-state index >= 15 is 0 Å². The lowest BCUT2D eigenvalue weighted by Crippen LogP contribution is -2.52. The molecule has 3 N–H and O–H groups in total. The van der Waals surface area contributed by atoms with Crippen molar-refractivity contribution in [2.24, 2.45) is 0 Å². The van der Waals surface area contributed by atoms with Crippen molar-refractivity contribution in [2.75, 3.05) is 26.4 Å². The highest BCUT2D eigenvalue weighted by atomic mass is 31.2. The fourth-order valence-corrected chi connectivity index (χ4v) is 6.36. The molecule has 0 saturated heterocycles. The van der Waals surface area contributed by atoms with Crippen LogP contribution in [0.3, 0.4) is 0 Å². The van der Waals surface area contributed by atoms with Crippen LogP contribution in [0.4, 0.5) is 0 Å². The summed E-state index contributed by atoms with van der Waals surface area (Å²) in [6.07, 6.45) is 31.2. The molecule has 0 aromatic rings. The molecular weight excluding hydrogens is 617 g/mol. The number of carbonyl (C=O) groups excluding carboxylic acids is 2. The van der Waals surface area contributed by atoms with Crippen molar-refractivity contribution in [3.63, 3.8) is 0 Å². The Morgan fingerprint density at radius 3 is 1.30 bits per heavy atom. The van der Waals surface area contributed by atoms with Gasteiger partial charge in [0.15, 0.2) is 6.10 Å². The Kier molecular flexibility index (Phi) is 34.1. The molecule has 0 aliphatic carbocycles. The molecular formula is C37H74NO8P. The number of unbranched alkanes of at least 4 members (excludes halogenated alkanes) is 24. The number of hydrogen-bond donors (Lipinski definition) is 1. The van der Waals surface area contributed by atoms with Gasteiger partial charge in [0.1, 0.15) is 13.2 Å². The second-order valence-electron chi connectivity index (χ2n) is 13.2. The first kappa shape index (κ1) is 46.0. The van der Waals surface area contributed by atoms with Gasteiger partial charge >= 0.3 is 11.9 Å². The maximum absolute atomic E-state index is 12.5. The van der Waals surface area contributed by atoms with Gasteiger partial charge in [-0.2, -0.15) is 0 Å². The van der Waals surface area contributed by atoms with Gasteiger partial charge in [0.05, 0.1) is 13.2 Å². The summed E-state index contributed by atoms with van der Waals surface area (Å²) in [5.41, 5.74) is 3.55. The maximum Gasteiger partial charge on any atom is 0.306 e. The van der Waals surface area contributed by atoms with Crippen LogP contribution in [0.15, 0.2) is 0 Å². The van der Waals surface area contributed by atoms with E-state index < -0.39 is 26.5 Å². The van der Waals surface area contributed by atoms with Crippen LogP contribution in [-0.2, 0) is 32.7 Å². The Bertz CT molecular complexity index is 754. The average Bonchev–Trinajstić information content (AvgIpc) is 3.05. The third-order valence-electron chi connectivity index (χ3n) is 8.51. The Labute approximate surface area is 288 Å². The molecule has 0 heterocycles. The largest absolute Gasteiger partial charge is 0.756 e. The lowest BCUT2D eigenvalue weighted by Gasteiger charge is -2.25. The molecule has 0 bridgehead atoms. The molecule has 0 aromatic heterocycles. The van der Waals surface area contributed by atoms with E-state index in [1.165, 1.54) is 128 Å². The zero-order valence-corrected chi connectivity index (χ0v) is 31.5. The van der Waals surface area contributed by atoms with Gasteiger partial charge in [0.2, 0.25) is 0 Å². The Morgan fingerprint density at radius 2 is 0.915 bits per heavy atom. The first-order valence-electron chi connectivity index (χ1n) is 19.6. The molecule has 0 amide bonds. The Morgan fingerprint density at radius 1 is 0.553 bits per heavy atom. The summed E-state index contributed by atoms with van der Waals surface area (Å²) in [6.45, 7) is 3.94. The van der Waals surface area contributed by atoms with Gasteiger partial charge in [0.25, 0.3) is 7.82 Å². The predicted molar refractivity (Wildman–Crippen MR) is 189 cm³/mol. The molecule has 0 aliphatic heterocycles. The molecule has 0 radical (unpaired) electrons. The van der Waals surface area contributed by atoms with Crippen LogP contribution in [0.1, 0.15) is 194 Å². The Balaban J connectivity index is 4.18. The fourth-order valence-electron chi connectivity index (χ4n) is 5.58. The van der Waals surface area contributed by atoms with Crippen molar-refractivity contribution in [3.05, 3.63) is 0 Å². The predicted octanol–water partition coefficient (Wildman–Crippen LogP) is 9.15. The minimum absolute atomic E-state index is 0.0988. The van der Waals surface area contributed by atoms with E-state index in [4.69, 9.17) is 18.5 Å². The lowest BCUT2D eigenvalue weighted by atomic mass is 10.0. The number of phosphoric ester groups is 1. The van der Waals surface area contributed by atoms with Gasteiger partial charge in [-0.25, -0.2) is 0 Å². The molecule has 2 unspecified atom stereocenters. The van der Waals surface area contributed by atoms with Crippen LogP contribution in [0.5, 0.6) is 0 Å². The topological polar surface area (TPSA) is 139 Å². The van der Waals surface area contributed by atoms with Crippen LogP contribution in [-0.4, -0.2) is 44.4 Å². The van der Waals surface area contributed by atoms with Crippen molar-refractivity contribution in [1.29, 1.82) is 0 Å². The van der Waals surface area contributed by atoms with E-state index in [1.54, 1.807) is 0 Å². The van der Waals surface area contributed by atoms with E-state index in [9.17, 15) is 19.0 Å². The molecule has 2 atom stereocenters. The summed E-state index contributed by atoms with van der Waals surface area (Å²) >= 11 is 0. The summed E-state index contributed by atoms with van der Waals surface area (Å²) in [5.74, 6) is -0.835. The molecule has 9 nitrogen and oxygen atoms in total. The number of phosphoric acid groups is 1. The van der Waals surface area contributed by atoms with Gasteiger partial charge in [0, 0.05) is 12.8 Å². The van der Waals surface area contributed by atoms with Crippen molar-refractivity contribution in [2.45, 2.75) is 200 Å². The van der Waals surface area contributed by atoms with Crippen LogP contribution >= 0.6 is 7.82 Å². The average molecular weight is 692 g/mol. The molecule has 0 aliphatic rings. The zero-order chi connectivity index (χ0) is 34.7. The zero-order valence-electron chi connectivity index (χ0n) is 30.6. The molecule has 280 valence electrons. The van der Waals surface area contributed by atoms with Crippen molar-refractivity contribution >= 4 is 19.8 Å². The molecule has 0 fully saturated rings. The lowest BCUT2D eigenvalue weighted by molar-refractivity contribution is -0.373. The van der Waals surface area contributed by atoms with E-state index in [1.807, 2.05) is 0 Å². The van der Waals surface area contributed by atoms with Gasteiger partial charge in [-0.3, -0.25) is 14.2 Å². The fraction of sp³-hybridized carbons (Fsp3) is 0.946. The molecule has 0 rings (SSSR count). The summed E-state index contributed by atoms with van der Waals surface area (Å²) in [4.78, 5) is 36.8. The van der Waals surface area contributed by atoms with Gasteiger partial charge in [-0.15, -0.1) is 0 Å². The minimum atomic E-state index is -4.57. The number of carbonyl (C=O) groups is 2. The van der Waals surface area contributed by atoms with Gasteiger partial charge < -0.3 is 29.1 Å². The quantitative estimate of drug-likeness (QED) is 0.0387. The first-order valence-corrected chi connectivity index (χ1v) is 21.0. The Hall–Kier alpha value is -0.990. The number of quaternary nitrogens is 1. The van der Waals surface area contributed by atoms with Gasteiger partial charge in [-0.1, -0.05) is 168 Å². The highest BCUT2D eigenvalue weighted by Crippen LogP contribution is 2.38. The summed E-state index contributed by atoms with van der Waals surface area (Å²) in [5, 5.41) is 0. The van der Waals surface area contributed by atoms with Crippen LogP contribution in [0.25, 0.3) is 0 Å². The van der Waals surface area contributed by atoms with E-state index in [-0.39, 0.29) is 38.6 Å². The summed E-state index contributed by atoms with van der Waals surface area (Å²) in [6, 6.07) is 0. The summed E-state index contributed by atoms with van der Waals surface area (Å²) in [7, 11) is -4.57. The van der Waals surface area contributed by atoms with E-state index in [2.05, 4.69) is 19.6 Å². The smallest absolute Gasteiger partial charge is 0.306 e. The molecule has 0 aromatic carbocycles. The van der Waals surface area contributed by atoms with E-state index in [0.29, 0.717) is 6.42 Å². The molecule has 0 saturated carbocycles. The third-order valence-corrected chi connectivity index (χ3v) is 9.47. The number of rotatable bonds is 37. The second-order valence-corrected chi connectivity index (χ2v) is 14.6. The van der Waals surface area contributed by atoms with Crippen molar-refractivity contribution in [3.8, 4) is 0 Å². The molecule has 0 spiro atoms. The van der Waals surface area contributed by atoms with Crippen LogP contribution in [0, 0.1) is 0 Å². The normalized spacial score (nSPS) is 13.4. The summed E-state index contributed by atoms with van der Waals surface area (Å²) < 4.78 is 32.4. The van der Waals surface area contributed by atoms with Crippen molar-refractivity contribution in [1.82, 2.24) is 0 Å². The first-order chi connectivity index (χ1) is 22.8. The second kappa shape index (κ2) is 34.9. The van der Waals surface area contributed by atoms with Crippen LogP contribution < -0.4 is 10.6 Å². The van der Waals surface area contributed by atoms with Gasteiger partial charge in [-0.05, 0) is 12.8 Å². The molecule has 47 heavy (non-hydrogen) atoms. The van der Waals surface area contributed by atoms with E-state index in [0.717, 1.165) is 32.1 Å². The highest BCUT2D eigenvalue weighted by Gasteiger charge is 2.21. The minimum Gasteiger partial charge on any atom is -0.756 e. The third kappa shape index (κ3) is 34.7. The monoisotopic (exact) mass is 692 g/mol. The highest BCUT2D eigenvalue weighted by molar-refractivity contribution is 7.45. The van der Waals surface area contributed by atoms with Crippen LogP contribution in [0.2, 0.25) is 0 Å². The number of ether oxygens (including phenoxy) is 2. The maximum atomic E-state index is 12.5. The number of esters is 2. The van der Waals surface area contributed by atoms with Crippen molar-refractivity contribution < 1.29 is 43.3 Å². The number of hydrogen-bond acceptors (Lipinski definition) is 8.